The molecule has 0 aromatic carbocycles. The molecule has 3 nitrogen and oxygen atoms in total. The molecule has 0 bridgehead atoms. The highest BCUT2D eigenvalue weighted by Gasteiger charge is 2.96. The van der Waals surface area contributed by atoms with Gasteiger partial charge >= 0.3 is 57.1 Å². The van der Waals surface area contributed by atoms with Gasteiger partial charge in [-0.3, -0.25) is 4.18 Å². The van der Waals surface area contributed by atoms with Gasteiger partial charge in [-0.25, -0.2) is 0 Å². The van der Waals surface area contributed by atoms with Crippen LogP contribution in [0.1, 0.15) is 96.8 Å². The van der Waals surface area contributed by atoms with Gasteiger partial charge in [0.25, 0.3) is 0 Å². The van der Waals surface area contributed by atoms with Crippen molar-refractivity contribution in [3.8, 4) is 0 Å². The molecule has 0 aliphatic rings. The summed E-state index contributed by atoms with van der Waals surface area (Å²) < 4.78 is 253. The molecule has 0 aliphatic heterocycles. The summed E-state index contributed by atoms with van der Waals surface area (Å²) in [4.78, 5) is 0. The maximum Gasteiger partial charge on any atom is 0.460 e. The molecule has 0 amide bonds. The zero-order valence-corrected chi connectivity index (χ0v) is 24.5. The van der Waals surface area contributed by atoms with Crippen LogP contribution in [0.2, 0.25) is 0 Å². The largest absolute Gasteiger partial charge is 0.460 e. The molecule has 0 aromatic heterocycles. The molecule has 0 aliphatic carbocycles. The van der Waals surface area contributed by atoms with Crippen LogP contribution in [0.3, 0.4) is 0 Å². The van der Waals surface area contributed by atoms with Crippen LogP contribution < -0.4 is 0 Å². The summed E-state index contributed by atoms with van der Waals surface area (Å²) in [6, 6.07) is 0. The van der Waals surface area contributed by atoms with Crippen molar-refractivity contribution >= 4 is 10.1 Å². The van der Waals surface area contributed by atoms with Gasteiger partial charge in [-0.15, -0.1) is 0 Å². The molecular formula is C24H33F17O3S. The molecule has 21 heteroatoms. The quantitative estimate of drug-likeness (QED) is 0.0599. The minimum atomic E-state index is -8.85. The van der Waals surface area contributed by atoms with Crippen molar-refractivity contribution in [2.45, 2.75) is 144 Å². The van der Waals surface area contributed by atoms with Gasteiger partial charge in [-0.1, -0.05) is 90.4 Å². The van der Waals surface area contributed by atoms with E-state index in [1.54, 1.807) is 0 Å². The van der Waals surface area contributed by atoms with Crippen molar-refractivity contribution < 1.29 is 87.2 Å². The first-order valence-corrected chi connectivity index (χ1v) is 15.1. The predicted molar refractivity (Wildman–Crippen MR) is 126 cm³/mol. The van der Waals surface area contributed by atoms with E-state index in [2.05, 4.69) is 11.1 Å². The van der Waals surface area contributed by atoms with Crippen LogP contribution >= 0.6 is 0 Å². The van der Waals surface area contributed by atoms with E-state index in [1.807, 2.05) is 0 Å². The maximum atomic E-state index is 14.0. The number of rotatable bonds is 23. The molecule has 0 fully saturated rings. The lowest BCUT2D eigenvalue weighted by molar-refractivity contribution is -0.458. The Balaban J connectivity index is 5.30. The van der Waals surface area contributed by atoms with Gasteiger partial charge in [0.2, 0.25) is 0 Å². The topological polar surface area (TPSA) is 43.4 Å². The second kappa shape index (κ2) is 15.7. The molecule has 0 N–H and O–H groups in total. The molecule has 45 heavy (non-hydrogen) atoms. The molecule has 0 heterocycles. The zero-order chi connectivity index (χ0) is 35.8. The lowest BCUT2D eigenvalue weighted by atomic mass is 9.91. The Morgan fingerprint density at radius 2 is 0.667 bits per heavy atom. The van der Waals surface area contributed by atoms with E-state index in [0.717, 1.165) is 57.8 Å². The minimum absolute atomic E-state index is 0.0160. The Morgan fingerprint density at radius 1 is 0.400 bits per heavy atom. The molecule has 0 aromatic rings. The first-order chi connectivity index (χ1) is 20.1. The summed E-state index contributed by atoms with van der Waals surface area (Å²) >= 11 is 0. The second-order valence-electron chi connectivity index (χ2n) is 10.3. The second-order valence-corrected chi connectivity index (χ2v) is 12.0. The Labute approximate surface area is 248 Å². The van der Waals surface area contributed by atoms with Crippen molar-refractivity contribution in [3.05, 3.63) is 0 Å². The lowest BCUT2D eigenvalue weighted by Crippen LogP contribution is -2.75. The molecular weight excluding hydrogens is 691 g/mol. The summed E-state index contributed by atoms with van der Waals surface area (Å²) in [6.07, 6.45) is 2.55. The average Bonchev–Trinajstić information content (AvgIpc) is 2.89. The summed E-state index contributed by atoms with van der Waals surface area (Å²) in [6.45, 7) is 0.629. The van der Waals surface area contributed by atoms with Crippen LogP contribution in [-0.2, 0) is 14.3 Å². The Kier molecular flexibility index (Phi) is 15.3. The molecule has 0 spiro atoms. The van der Waals surface area contributed by atoms with Gasteiger partial charge in [0.15, 0.2) is 0 Å². The van der Waals surface area contributed by atoms with Gasteiger partial charge in [-0.05, 0) is 6.42 Å². The molecule has 0 saturated heterocycles. The Morgan fingerprint density at radius 3 is 0.978 bits per heavy atom. The summed E-state index contributed by atoms with van der Waals surface area (Å²) in [5.41, 5.74) is 0. The van der Waals surface area contributed by atoms with E-state index in [-0.39, 0.29) is 6.42 Å². The van der Waals surface area contributed by atoms with Crippen LogP contribution in [0.15, 0.2) is 0 Å². The van der Waals surface area contributed by atoms with Crippen molar-refractivity contribution in [3.63, 3.8) is 0 Å². The highest BCUT2D eigenvalue weighted by molar-refractivity contribution is 7.87. The maximum absolute atomic E-state index is 14.0. The fraction of sp³-hybridized carbons (Fsp3) is 1.00. The van der Waals surface area contributed by atoms with Gasteiger partial charge in [0.05, 0.1) is 6.61 Å². The van der Waals surface area contributed by atoms with Crippen LogP contribution in [0.5, 0.6) is 0 Å². The average molecular weight is 725 g/mol. The van der Waals surface area contributed by atoms with E-state index in [4.69, 9.17) is 0 Å². The standard InChI is InChI=1S/C24H33F17O3S/c1-2-3-4-5-6-7-8-9-10-11-12-13-14-15-16-44-45(42,43)24(40,41)22(35,36)20(31,32)18(27,28)17(25,26)19(29,30)21(33,34)23(37,38)39/h2-16H2,1H3. The molecule has 272 valence electrons. The SMILES string of the molecule is CCCCCCCCCCCCCCCCOS(=O)(=O)C(F)(F)C(F)(F)C(F)(F)C(F)(F)C(F)(F)C(F)(F)C(F)(F)C(F)(F)F. The number of unbranched alkanes of at least 4 members (excludes halogenated alkanes) is 13. The summed E-state index contributed by atoms with van der Waals surface area (Å²) in [5, 5.41) is -7.62. The van der Waals surface area contributed by atoms with Crippen LogP contribution in [0.25, 0.3) is 0 Å². The minimum Gasteiger partial charge on any atom is -0.265 e. The first-order valence-electron chi connectivity index (χ1n) is 13.7. The van der Waals surface area contributed by atoms with Gasteiger partial charge in [0.1, 0.15) is 0 Å². The highest BCUT2D eigenvalue weighted by Crippen LogP contribution is 2.64. The first kappa shape index (κ1) is 43.7. The van der Waals surface area contributed by atoms with Crippen molar-refractivity contribution in [1.29, 1.82) is 0 Å². The van der Waals surface area contributed by atoms with Gasteiger partial charge in [-0.2, -0.15) is 83.1 Å². The lowest BCUT2D eigenvalue weighted by Gasteiger charge is -2.42. The highest BCUT2D eigenvalue weighted by atomic mass is 32.2. The third kappa shape index (κ3) is 9.00. The van der Waals surface area contributed by atoms with Crippen molar-refractivity contribution in [2.75, 3.05) is 6.61 Å². The van der Waals surface area contributed by atoms with E-state index in [0.29, 0.717) is 19.3 Å². The number of alkyl halides is 17. The third-order valence-corrected chi connectivity index (χ3v) is 8.10. The Hall–Kier alpha value is -1.28. The van der Waals surface area contributed by atoms with Crippen molar-refractivity contribution in [1.82, 2.24) is 0 Å². The van der Waals surface area contributed by atoms with Gasteiger partial charge in [0, 0.05) is 0 Å². The van der Waals surface area contributed by atoms with Crippen LogP contribution in [0.4, 0.5) is 74.6 Å². The molecule has 0 rings (SSSR count). The predicted octanol–water partition coefficient (Wildman–Crippen LogP) is 10.8. The molecule has 0 unspecified atom stereocenters. The fourth-order valence-electron chi connectivity index (χ4n) is 3.85. The van der Waals surface area contributed by atoms with Crippen LogP contribution in [-0.4, -0.2) is 62.0 Å². The van der Waals surface area contributed by atoms with E-state index >= 15 is 0 Å². The number of hydrogen-bond donors (Lipinski definition) is 0. The summed E-state index contributed by atoms with van der Waals surface area (Å²) in [7, 11) is -7.47. The van der Waals surface area contributed by atoms with E-state index < -0.39 is 70.1 Å². The van der Waals surface area contributed by atoms with Crippen LogP contribution in [0, 0.1) is 0 Å². The molecule has 0 saturated carbocycles. The van der Waals surface area contributed by atoms with Crippen molar-refractivity contribution in [2.24, 2.45) is 0 Å². The smallest absolute Gasteiger partial charge is 0.265 e. The Bertz CT molecular complexity index is 995. The normalized spacial score (nSPS) is 15.2. The fourth-order valence-corrected chi connectivity index (χ4v) is 4.77. The van der Waals surface area contributed by atoms with Gasteiger partial charge < -0.3 is 0 Å². The summed E-state index contributed by atoms with van der Waals surface area (Å²) in [5.74, 6) is -51.7. The number of halogens is 17. The zero-order valence-electron chi connectivity index (χ0n) is 23.7. The monoisotopic (exact) mass is 724 g/mol. The van der Waals surface area contributed by atoms with E-state index in [9.17, 15) is 83.1 Å². The third-order valence-electron chi connectivity index (χ3n) is 6.74. The molecule has 0 radical (unpaired) electrons. The number of hydrogen-bond acceptors (Lipinski definition) is 3. The van der Waals surface area contributed by atoms with E-state index in [1.165, 1.54) is 0 Å². The molecule has 0 atom stereocenters.